The first-order valence-electron chi connectivity index (χ1n) is 5.41. The predicted octanol–water partition coefficient (Wildman–Crippen LogP) is 1.15. The van der Waals surface area contributed by atoms with Crippen molar-refractivity contribution in [2.75, 3.05) is 13.1 Å². The van der Waals surface area contributed by atoms with E-state index in [4.69, 9.17) is 0 Å². The lowest BCUT2D eigenvalue weighted by Gasteiger charge is -2.21. The van der Waals surface area contributed by atoms with Gasteiger partial charge in [0.15, 0.2) is 0 Å². The molecule has 1 aliphatic rings. The van der Waals surface area contributed by atoms with Gasteiger partial charge >= 0.3 is 0 Å². The molecule has 0 radical (unpaired) electrons. The van der Waals surface area contributed by atoms with E-state index in [0.717, 1.165) is 19.5 Å². The first-order chi connectivity index (χ1) is 6.40. The van der Waals surface area contributed by atoms with Gasteiger partial charge in [-0.25, -0.2) is 0 Å². The summed E-state index contributed by atoms with van der Waals surface area (Å²) in [5.41, 5.74) is 0.172. The molecule has 1 aliphatic heterocycles. The second-order valence-electron chi connectivity index (χ2n) is 5.42. The largest absolute Gasteiger partial charge is 0.355 e. The first-order valence-corrected chi connectivity index (χ1v) is 5.41. The summed E-state index contributed by atoms with van der Waals surface area (Å²) in [5.74, 6) is 0.370. The summed E-state index contributed by atoms with van der Waals surface area (Å²) >= 11 is 0. The number of hydrogen-bond acceptors (Lipinski definition) is 2. The molecule has 3 heteroatoms. The Balaban J connectivity index is 2.35. The van der Waals surface area contributed by atoms with E-state index in [2.05, 4.69) is 38.3 Å². The van der Waals surface area contributed by atoms with E-state index in [0.29, 0.717) is 6.04 Å². The molecule has 0 aliphatic carbocycles. The van der Waals surface area contributed by atoms with Crippen LogP contribution in [0.5, 0.6) is 0 Å². The minimum atomic E-state index is 0.164. The van der Waals surface area contributed by atoms with Gasteiger partial charge in [-0.2, -0.15) is 0 Å². The number of rotatable bonds is 2. The summed E-state index contributed by atoms with van der Waals surface area (Å²) in [6.07, 6.45) is 0.969. The Hall–Kier alpha value is -0.570. The van der Waals surface area contributed by atoms with Crippen molar-refractivity contribution in [2.45, 2.75) is 40.2 Å². The molecule has 0 aromatic rings. The lowest BCUT2D eigenvalue weighted by atomic mass is 9.95. The highest BCUT2D eigenvalue weighted by Crippen LogP contribution is 2.16. The van der Waals surface area contributed by atoms with Crippen LogP contribution in [-0.4, -0.2) is 25.0 Å². The molecule has 1 rings (SSSR count). The van der Waals surface area contributed by atoms with Crippen molar-refractivity contribution >= 4 is 5.91 Å². The number of carbonyl (C=O) groups excluding carboxylic acids is 1. The highest BCUT2D eigenvalue weighted by molar-refractivity contribution is 5.79. The molecule has 14 heavy (non-hydrogen) atoms. The van der Waals surface area contributed by atoms with Gasteiger partial charge < -0.3 is 10.6 Å². The summed E-state index contributed by atoms with van der Waals surface area (Å²) in [5, 5.41) is 6.30. The molecule has 82 valence electrons. The quantitative estimate of drug-likeness (QED) is 0.699. The molecule has 0 bridgehead atoms. The molecule has 2 unspecified atom stereocenters. The molecule has 0 aromatic heterocycles. The van der Waals surface area contributed by atoms with Gasteiger partial charge in [0, 0.05) is 12.6 Å². The Labute approximate surface area is 86.6 Å². The Kier molecular flexibility index (Phi) is 3.53. The molecule has 1 heterocycles. The van der Waals surface area contributed by atoms with Crippen LogP contribution in [0.2, 0.25) is 0 Å². The third kappa shape index (κ3) is 3.29. The summed E-state index contributed by atoms with van der Waals surface area (Å²) in [6, 6.07) is 0.329. The van der Waals surface area contributed by atoms with Crippen molar-refractivity contribution in [1.82, 2.24) is 10.6 Å². The van der Waals surface area contributed by atoms with Crippen molar-refractivity contribution in [3.63, 3.8) is 0 Å². The SMILES string of the molecule is CC1NCCC1C(=O)NCC(C)(C)C. The van der Waals surface area contributed by atoms with Crippen LogP contribution in [0.1, 0.15) is 34.1 Å². The van der Waals surface area contributed by atoms with Crippen LogP contribution in [-0.2, 0) is 4.79 Å². The van der Waals surface area contributed by atoms with Crippen LogP contribution in [0.15, 0.2) is 0 Å². The third-order valence-corrected chi connectivity index (χ3v) is 2.65. The van der Waals surface area contributed by atoms with Gasteiger partial charge in [-0.1, -0.05) is 20.8 Å². The minimum Gasteiger partial charge on any atom is -0.355 e. The van der Waals surface area contributed by atoms with Gasteiger partial charge in [-0.3, -0.25) is 4.79 Å². The molecule has 0 saturated carbocycles. The highest BCUT2D eigenvalue weighted by Gasteiger charge is 2.29. The lowest BCUT2D eigenvalue weighted by molar-refractivity contribution is -0.125. The van der Waals surface area contributed by atoms with Crippen molar-refractivity contribution in [3.8, 4) is 0 Å². The summed E-state index contributed by atoms with van der Waals surface area (Å²) in [6.45, 7) is 10.2. The average Bonchev–Trinajstić information content (AvgIpc) is 2.46. The zero-order valence-electron chi connectivity index (χ0n) is 9.68. The van der Waals surface area contributed by atoms with Crippen LogP contribution in [0.3, 0.4) is 0 Å². The molecule has 1 amide bonds. The van der Waals surface area contributed by atoms with Crippen LogP contribution >= 0.6 is 0 Å². The molecule has 1 fully saturated rings. The van der Waals surface area contributed by atoms with E-state index in [-0.39, 0.29) is 17.2 Å². The first kappa shape index (κ1) is 11.5. The monoisotopic (exact) mass is 198 g/mol. The summed E-state index contributed by atoms with van der Waals surface area (Å²) < 4.78 is 0. The predicted molar refractivity (Wildman–Crippen MR) is 58.0 cm³/mol. The maximum atomic E-state index is 11.8. The summed E-state index contributed by atoms with van der Waals surface area (Å²) in [4.78, 5) is 11.8. The fourth-order valence-electron chi connectivity index (χ4n) is 1.70. The zero-order chi connectivity index (χ0) is 10.8. The van der Waals surface area contributed by atoms with Crippen molar-refractivity contribution in [1.29, 1.82) is 0 Å². The number of carbonyl (C=O) groups is 1. The maximum absolute atomic E-state index is 11.8. The van der Waals surface area contributed by atoms with Gasteiger partial charge in [-0.15, -0.1) is 0 Å². The molecular formula is C11H22N2O. The summed E-state index contributed by atoms with van der Waals surface area (Å²) in [7, 11) is 0. The average molecular weight is 198 g/mol. The van der Waals surface area contributed by atoms with Gasteiger partial charge in [-0.05, 0) is 25.3 Å². The fourth-order valence-corrected chi connectivity index (χ4v) is 1.70. The van der Waals surface area contributed by atoms with Gasteiger partial charge in [0.2, 0.25) is 5.91 Å². The van der Waals surface area contributed by atoms with Crippen molar-refractivity contribution in [3.05, 3.63) is 0 Å². The van der Waals surface area contributed by atoms with Crippen LogP contribution in [0.25, 0.3) is 0 Å². The Bertz CT molecular complexity index is 208. The van der Waals surface area contributed by atoms with E-state index in [9.17, 15) is 4.79 Å². The molecule has 0 aromatic carbocycles. The molecule has 2 atom stereocenters. The molecule has 2 N–H and O–H groups in total. The zero-order valence-corrected chi connectivity index (χ0v) is 9.68. The van der Waals surface area contributed by atoms with Gasteiger partial charge in [0.25, 0.3) is 0 Å². The minimum absolute atomic E-state index is 0.164. The Morgan fingerprint density at radius 2 is 2.14 bits per heavy atom. The van der Waals surface area contributed by atoms with E-state index in [1.807, 2.05) is 0 Å². The smallest absolute Gasteiger partial charge is 0.224 e. The maximum Gasteiger partial charge on any atom is 0.224 e. The topological polar surface area (TPSA) is 41.1 Å². The van der Waals surface area contributed by atoms with Crippen LogP contribution in [0, 0.1) is 11.3 Å². The van der Waals surface area contributed by atoms with Gasteiger partial charge in [0.1, 0.15) is 0 Å². The second kappa shape index (κ2) is 4.30. The van der Waals surface area contributed by atoms with Crippen LogP contribution in [0.4, 0.5) is 0 Å². The van der Waals surface area contributed by atoms with Crippen molar-refractivity contribution in [2.24, 2.45) is 11.3 Å². The fraction of sp³-hybridized carbons (Fsp3) is 0.909. The molecular weight excluding hydrogens is 176 g/mol. The van der Waals surface area contributed by atoms with E-state index < -0.39 is 0 Å². The lowest BCUT2D eigenvalue weighted by Crippen LogP contribution is -2.40. The molecule has 0 spiro atoms. The number of nitrogens with one attached hydrogen (secondary N) is 2. The standard InChI is InChI=1S/C11H22N2O/c1-8-9(5-6-12-8)10(14)13-7-11(2,3)4/h8-9,12H,5-7H2,1-4H3,(H,13,14). The Morgan fingerprint density at radius 3 is 2.57 bits per heavy atom. The number of amides is 1. The number of hydrogen-bond donors (Lipinski definition) is 2. The Morgan fingerprint density at radius 1 is 1.50 bits per heavy atom. The van der Waals surface area contributed by atoms with Gasteiger partial charge in [0.05, 0.1) is 5.92 Å². The normalized spacial score (nSPS) is 27.7. The van der Waals surface area contributed by atoms with E-state index in [1.54, 1.807) is 0 Å². The molecule has 3 nitrogen and oxygen atoms in total. The third-order valence-electron chi connectivity index (χ3n) is 2.65. The van der Waals surface area contributed by atoms with Crippen molar-refractivity contribution < 1.29 is 4.79 Å². The molecule has 1 saturated heterocycles. The van der Waals surface area contributed by atoms with E-state index in [1.165, 1.54) is 0 Å². The van der Waals surface area contributed by atoms with E-state index >= 15 is 0 Å². The van der Waals surface area contributed by atoms with Crippen LogP contribution < -0.4 is 10.6 Å². The second-order valence-corrected chi connectivity index (χ2v) is 5.42. The highest BCUT2D eigenvalue weighted by atomic mass is 16.1.